The molecule has 0 aromatic heterocycles. The lowest BCUT2D eigenvalue weighted by Gasteiger charge is -2.36. The van der Waals surface area contributed by atoms with Crippen molar-refractivity contribution >= 4 is 21.4 Å². The summed E-state index contributed by atoms with van der Waals surface area (Å²) in [5.74, 6) is 0.402. The highest BCUT2D eigenvalue weighted by molar-refractivity contribution is 7.90. The van der Waals surface area contributed by atoms with E-state index in [0.29, 0.717) is 17.0 Å². The van der Waals surface area contributed by atoms with Crippen LogP contribution in [0.15, 0.2) is 47.3 Å². The van der Waals surface area contributed by atoms with Gasteiger partial charge in [-0.3, -0.25) is 0 Å². The third-order valence-corrected chi connectivity index (χ3v) is 8.31. The lowest BCUT2D eigenvalue weighted by atomic mass is 9.80. The topological polar surface area (TPSA) is 49.7 Å². The van der Waals surface area contributed by atoms with Crippen LogP contribution in [0, 0.1) is 11.3 Å². The molecule has 5 nitrogen and oxygen atoms in total. The summed E-state index contributed by atoms with van der Waals surface area (Å²) in [6.45, 7) is 2.07. The summed E-state index contributed by atoms with van der Waals surface area (Å²) in [7, 11) is -3.51. The van der Waals surface area contributed by atoms with Crippen LogP contribution >= 0.6 is 0 Å². The van der Waals surface area contributed by atoms with Gasteiger partial charge in [-0.25, -0.2) is 0 Å². The SMILES string of the molecule is CS(=O)(=O)[N+]1(c2ccccc2)C=C(N2CCCC3(CC3)C2)C(C2CCC2)=N1. The van der Waals surface area contributed by atoms with Gasteiger partial charge in [0.1, 0.15) is 11.4 Å². The number of nitrogens with zero attached hydrogens (tertiary/aromatic N) is 3. The van der Waals surface area contributed by atoms with Crippen molar-refractivity contribution in [1.82, 2.24) is 8.90 Å². The summed E-state index contributed by atoms with van der Waals surface area (Å²) < 4.78 is 25.6. The molecule has 2 aliphatic heterocycles. The van der Waals surface area contributed by atoms with E-state index in [1.807, 2.05) is 36.5 Å². The zero-order valence-corrected chi connectivity index (χ0v) is 16.8. The van der Waals surface area contributed by atoms with Crippen molar-refractivity contribution < 1.29 is 8.42 Å². The van der Waals surface area contributed by atoms with Crippen LogP contribution in [0.3, 0.4) is 0 Å². The second-order valence-electron chi connectivity index (χ2n) is 8.84. The van der Waals surface area contributed by atoms with Crippen molar-refractivity contribution in [3.63, 3.8) is 0 Å². The van der Waals surface area contributed by atoms with Crippen molar-refractivity contribution in [3.8, 4) is 0 Å². The van der Waals surface area contributed by atoms with Crippen molar-refractivity contribution in [3.05, 3.63) is 42.2 Å². The van der Waals surface area contributed by atoms with Crippen LogP contribution in [0.5, 0.6) is 0 Å². The number of likely N-dealkylation sites (tertiary alicyclic amines) is 1. The van der Waals surface area contributed by atoms with Gasteiger partial charge in [0.05, 0.1) is 6.26 Å². The highest BCUT2D eigenvalue weighted by atomic mass is 32.2. The first-order chi connectivity index (χ1) is 12.9. The molecule has 27 heavy (non-hydrogen) atoms. The van der Waals surface area contributed by atoms with E-state index in [1.165, 1.54) is 38.4 Å². The summed E-state index contributed by atoms with van der Waals surface area (Å²) in [6.07, 6.45) is 11.8. The van der Waals surface area contributed by atoms with Gasteiger partial charge < -0.3 is 4.90 Å². The summed E-state index contributed by atoms with van der Waals surface area (Å²) in [6, 6.07) is 9.46. The van der Waals surface area contributed by atoms with Gasteiger partial charge in [-0.15, -0.1) is 0 Å². The molecule has 0 radical (unpaired) electrons. The first-order valence-electron chi connectivity index (χ1n) is 10.2. The molecule has 2 aliphatic carbocycles. The average molecular weight is 387 g/mol. The van der Waals surface area contributed by atoms with E-state index in [9.17, 15) is 8.42 Å². The molecule has 3 fully saturated rings. The molecule has 5 rings (SSSR count). The van der Waals surface area contributed by atoms with Gasteiger partial charge in [0, 0.05) is 31.1 Å². The minimum atomic E-state index is -3.51. The maximum atomic E-state index is 13.0. The van der Waals surface area contributed by atoms with Crippen LogP contribution in [-0.2, 0) is 10.0 Å². The van der Waals surface area contributed by atoms with Crippen LogP contribution in [-0.4, -0.2) is 38.4 Å². The number of quaternary nitrogens is 1. The molecule has 1 aromatic carbocycles. The Morgan fingerprint density at radius 2 is 1.85 bits per heavy atom. The van der Waals surface area contributed by atoms with Gasteiger partial charge in [0.15, 0.2) is 11.9 Å². The number of hydrogen-bond acceptors (Lipinski definition) is 4. The maximum Gasteiger partial charge on any atom is 0.328 e. The smallest absolute Gasteiger partial charge is 0.328 e. The van der Waals surface area contributed by atoms with E-state index < -0.39 is 14.0 Å². The zero-order chi connectivity index (χ0) is 18.7. The number of sulfonamides is 1. The van der Waals surface area contributed by atoms with Gasteiger partial charge in [0.25, 0.3) is 0 Å². The Morgan fingerprint density at radius 3 is 2.44 bits per heavy atom. The van der Waals surface area contributed by atoms with Gasteiger partial charge in [-0.1, -0.05) is 29.7 Å². The molecule has 0 N–H and O–H groups in total. The number of benzene rings is 1. The minimum Gasteiger partial charge on any atom is -0.365 e. The Labute approximate surface area is 162 Å². The second-order valence-corrected chi connectivity index (χ2v) is 10.9. The van der Waals surface area contributed by atoms with Gasteiger partial charge in [0.2, 0.25) is 0 Å². The predicted molar refractivity (Wildman–Crippen MR) is 108 cm³/mol. The summed E-state index contributed by atoms with van der Waals surface area (Å²) >= 11 is 0. The van der Waals surface area contributed by atoms with Crippen molar-refractivity contribution in [1.29, 1.82) is 0 Å². The minimum absolute atomic E-state index is 0.402. The van der Waals surface area contributed by atoms with E-state index >= 15 is 0 Å². The normalized spacial score (nSPS) is 30.0. The Bertz CT molecular complexity index is 914. The van der Waals surface area contributed by atoms with Gasteiger partial charge in [-0.2, -0.15) is 8.42 Å². The molecule has 2 heterocycles. The highest BCUT2D eigenvalue weighted by Gasteiger charge is 2.52. The number of piperidine rings is 1. The number of rotatable bonds is 4. The van der Waals surface area contributed by atoms with Gasteiger partial charge in [-0.05, 0) is 47.9 Å². The quantitative estimate of drug-likeness (QED) is 0.739. The van der Waals surface area contributed by atoms with Crippen LogP contribution < -0.4 is 4.00 Å². The summed E-state index contributed by atoms with van der Waals surface area (Å²) in [4.78, 5) is 2.45. The van der Waals surface area contributed by atoms with Crippen LogP contribution in [0.1, 0.15) is 44.9 Å². The lowest BCUT2D eigenvalue weighted by molar-refractivity contribution is 0.207. The molecule has 1 atom stereocenters. The summed E-state index contributed by atoms with van der Waals surface area (Å²) in [5, 5.41) is 4.94. The Hall–Kier alpha value is -1.66. The number of hydrogen-bond donors (Lipinski definition) is 0. The average Bonchev–Trinajstić information content (AvgIpc) is 3.20. The van der Waals surface area contributed by atoms with Gasteiger partial charge >= 0.3 is 10.0 Å². The van der Waals surface area contributed by atoms with E-state index in [2.05, 4.69) is 4.90 Å². The third-order valence-electron chi connectivity index (χ3n) is 6.90. The Balaban J connectivity index is 1.63. The van der Waals surface area contributed by atoms with Crippen molar-refractivity contribution in [2.75, 3.05) is 19.3 Å². The zero-order valence-electron chi connectivity index (χ0n) is 16.0. The molecule has 1 spiro atoms. The molecule has 144 valence electrons. The van der Waals surface area contributed by atoms with Crippen molar-refractivity contribution in [2.24, 2.45) is 16.4 Å². The highest BCUT2D eigenvalue weighted by Crippen LogP contribution is 2.53. The molecule has 1 aromatic rings. The fourth-order valence-corrected chi connectivity index (χ4v) is 5.85. The largest absolute Gasteiger partial charge is 0.365 e. The Morgan fingerprint density at radius 1 is 1.11 bits per heavy atom. The molecule has 4 aliphatic rings. The van der Waals surface area contributed by atoms with Crippen LogP contribution in [0.4, 0.5) is 5.69 Å². The van der Waals surface area contributed by atoms with Crippen LogP contribution in [0.25, 0.3) is 0 Å². The Kier molecular flexibility index (Phi) is 3.82. The maximum absolute atomic E-state index is 13.0. The third kappa shape index (κ3) is 2.76. The van der Waals surface area contributed by atoms with Crippen molar-refractivity contribution in [2.45, 2.75) is 44.9 Å². The van der Waals surface area contributed by atoms with E-state index in [-0.39, 0.29) is 0 Å². The molecule has 0 amide bonds. The monoisotopic (exact) mass is 386 g/mol. The van der Waals surface area contributed by atoms with E-state index in [4.69, 9.17) is 5.10 Å². The number of allylic oxidation sites excluding steroid dienone is 1. The fourth-order valence-electron chi connectivity index (χ4n) is 4.82. The molecular formula is C21H28N3O2S+. The van der Waals surface area contributed by atoms with E-state index in [0.717, 1.165) is 37.3 Å². The first-order valence-corrected chi connectivity index (χ1v) is 12.0. The molecule has 6 heteroatoms. The fraction of sp³-hybridized carbons (Fsp3) is 0.571. The first kappa shape index (κ1) is 17.4. The summed E-state index contributed by atoms with van der Waals surface area (Å²) in [5.41, 5.74) is 3.29. The number of para-hydroxylation sites is 1. The predicted octanol–water partition coefficient (Wildman–Crippen LogP) is 3.84. The van der Waals surface area contributed by atoms with Crippen LogP contribution in [0.2, 0.25) is 0 Å². The molecule has 2 saturated carbocycles. The second kappa shape index (κ2) is 5.92. The van der Waals surface area contributed by atoms with E-state index in [1.54, 1.807) is 0 Å². The molecule has 1 unspecified atom stereocenters. The molecule has 0 bridgehead atoms. The molecule has 1 saturated heterocycles. The lowest BCUT2D eigenvalue weighted by Crippen LogP contribution is -2.42. The standard InChI is InChI=1S/C21H28N3O2S/c1-27(25,26)24(18-9-3-2-4-10-18)15-19(20(22-24)17-7-5-8-17)23-14-6-11-21(16-23)12-13-21/h2-4,9-10,15,17H,5-8,11-14,16H2,1H3/q+1. The molecular weight excluding hydrogens is 358 g/mol.